The fraction of sp³-hybridized carbons (Fsp3) is 0.375. The Kier molecular flexibility index (Phi) is 3.87. The average molecular weight is 324 g/mol. The predicted molar refractivity (Wildman–Crippen MR) is 77.0 cm³/mol. The Bertz CT molecular complexity index is 733. The van der Waals surface area contributed by atoms with Gasteiger partial charge in [-0.3, -0.25) is 5.10 Å². The van der Waals surface area contributed by atoms with Gasteiger partial charge < -0.3 is 4.74 Å². The molecule has 0 amide bonds. The van der Waals surface area contributed by atoms with Crippen molar-refractivity contribution >= 4 is 5.97 Å². The van der Waals surface area contributed by atoms with Gasteiger partial charge in [0, 0.05) is 11.5 Å². The van der Waals surface area contributed by atoms with Crippen LogP contribution in [0, 0.1) is 0 Å². The van der Waals surface area contributed by atoms with Crippen LogP contribution >= 0.6 is 0 Å². The molecule has 1 aromatic heterocycles. The third-order valence-corrected chi connectivity index (χ3v) is 3.75. The molecule has 0 spiro atoms. The summed E-state index contributed by atoms with van der Waals surface area (Å²) >= 11 is 0. The van der Waals surface area contributed by atoms with Gasteiger partial charge in [-0.25, -0.2) is 4.79 Å². The monoisotopic (exact) mass is 324 g/mol. The highest BCUT2D eigenvalue weighted by molar-refractivity contribution is 5.98. The molecule has 7 heteroatoms. The van der Waals surface area contributed by atoms with Gasteiger partial charge in [-0.1, -0.05) is 18.2 Å². The molecule has 122 valence electrons. The number of rotatable bonds is 4. The number of carbonyl (C=O) groups is 1. The molecule has 1 aliphatic rings. The summed E-state index contributed by atoms with van der Waals surface area (Å²) in [5.41, 5.74) is -0.259. The van der Waals surface area contributed by atoms with Crippen LogP contribution in [0.4, 0.5) is 13.2 Å². The predicted octanol–water partition coefficient (Wildman–Crippen LogP) is 4.15. The Balaban J connectivity index is 2.16. The van der Waals surface area contributed by atoms with E-state index >= 15 is 0 Å². The molecule has 0 bridgehead atoms. The Labute approximate surface area is 130 Å². The van der Waals surface area contributed by atoms with Crippen LogP contribution in [-0.4, -0.2) is 22.8 Å². The maximum absolute atomic E-state index is 13.2. The van der Waals surface area contributed by atoms with E-state index in [9.17, 15) is 18.0 Å². The molecule has 1 N–H and O–H groups in total. The van der Waals surface area contributed by atoms with Crippen molar-refractivity contribution in [3.05, 3.63) is 41.1 Å². The number of nitrogens with one attached hydrogen (secondary N) is 1. The highest BCUT2D eigenvalue weighted by Crippen LogP contribution is 2.44. The first-order valence-electron chi connectivity index (χ1n) is 7.35. The van der Waals surface area contributed by atoms with Crippen molar-refractivity contribution in [3.8, 4) is 11.3 Å². The number of aromatic nitrogens is 2. The summed E-state index contributed by atoms with van der Waals surface area (Å²) in [6.45, 7) is 1.80. The first-order valence-corrected chi connectivity index (χ1v) is 7.35. The van der Waals surface area contributed by atoms with Crippen LogP contribution in [0.5, 0.6) is 0 Å². The van der Waals surface area contributed by atoms with E-state index in [1.165, 1.54) is 18.2 Å². The van der Waals surface area contributed by atoms with E-state index in [4.69, 9.17) is 4.74 Å². The molecule has 0 unspecified atom stereocenters. The molecule has 1 fully saturated rings. The number of H-pyrrole nitrogens is 1. The van der Waals surface area contributed by atoms with Crippen molar-refractivity contribution in [2.45, 2.75) is 31.9 Å². The van der Waals surface area contributed by atoms with Gasteiger partial charge in [-0.2, -0.15) is 18.3 Å². The van der Waals surface area contributed by atoms with Gasteiger partial charge in [0.05, 0.1) is 17.9 Å². The molecule has 1 aromatic carbocycles. The highest BCUT2D eigenvalue weighted by Gasteiger charge is 2.38. The molecule has 4 nitrogen and oxygen atoms in total. The van der Waals surface area contributed by atoms with Crippen molar-refractivity contribution in [1.82, 2.24) is 10.2 Å². The Morgan fingerprint density at radius 2 is 2.04 bits per heavy atom. The number of nitrogens with zero attached hydrogens (tertiary/aromatic N) is 1. The normalized spacial score (nSPS) is 14.8. The van der Waals surface area contributed by atoms with Crippen LogP contribution < -0.4 is 0 Å². The van der Waals surface area contributed by atoms with Gasteiger partial charge in [0.2, 0.25) is 0 Å². The zero-order valence-electron chi connectivity index (χ0n) is 12.4. The Morgan fingerprint density at radius 1 is 1.35 bits per heavy atom. The van der Waals surface area contributed by atoms with Crippen LogP contribution in [0.1, 0.15) is 47.3 Å². The minimum absolute atomic E-state index is 0.00160. The number of hydrogen-bond acceptors (Lipinski definition) is 3. The average Bonchev–Trinajstić information content (AvgIpc) is 3.25. The molecular formula is C16H15F3N2O2. The summed E-state index contributed by atoms with van der Waals surface area (Å²) < 4.78 is 44.7. The summed E-state index contributed by atoms with van der Waals surface area (Å²) in [4.78, 5) is 12.3. The van der Waals surface area contributed by atoms with Crippen LogP contribution in [0.15, 0.2) is 24.3 Å². The second kappa shape index (κ2) is 5.72. The van der Waals surface area contributed by atoms with Crippen LogP contribution in [0.3, 0.4) is 0 Å². The molecule has 0 radical (unpaired) electrons. The van der Waals surface area contributed by atoms with E-state index < -0.39 is 17.7 Å². The zero-order valence-corrected chi connectivity index (χ0v) is 12.4. The van der Waals surface area contributed by atoms with Crippen LogP contribution in [0.25, 0.3) is 11.3 Å². The van der Waals surface area contributed by atoms with Crippen LogP contribution in [-0.2, 0) is 10.9 Å². The fourth-order valence-electron chi connectivity index (χ4n) is 2.56. The van der Waals surface area contributed by atoms with E-state index in [0.29, 0.717) is 5.69 Å². The van der Waals surface area contributed by atoms with Gasteiger partial charge in [0.15, 0.2) is 0 Å². The Morgan fingerprint density at radius 3 is 2.65 bits per heavy atom. The number of halogens is 3. The lowest BCUT2D eigenvalue weighted by atomic mass is 9.99. The number of hydrogen-bond donors (Lipinski definition) is 1. The molecule has 1 saturated carbocycles. The molecule has 2 aromatic rings. The molecule has 23 heavy (non-hydrogen) atoms. The molecule has 3 rings (SSSR count). The maximum atomic E-state index is 13.2. The summed E-state index contributed by atoms with van der Waals surface area (Å²) in [6.07, 6.45) is -2.76. The third-order valence-electron chi connectivity index (χ3n) is 3.75. The van der Waals surface area contributed by atoms with Gasteiger partial charge in [-0.15, -0.1) is 0 Å². The van der Waals surface area contributed by atoms with Crippen molar-refractivity contribution < 1.29 is 22.7 Å². The lowest BCUT2D eigenvalue weighted by Crippen LogP contribution is -2.11. The molecular weight excluding hydrogens is 309 g/mol. The number of carbonyl (C=O) groups excluding carboxylic acids is 1. The summed E-state index contributed by atoms with van der Waals surface area (Å²) in [7, 11) is 0. The van der Waals surface area contributed by atoms with Gasteiger partial charge >= 0.3 is 12.1 Å². The number of ether oxygens (including phenoxy) is 1. The van der Waals surface area contributed by atoms with Crippen molar-refractivity contribution in [2.24, 2.45) is 0 Å². The minimum Gasteiger partial charge on any atom is -0.462 e. The number of alkyl halides is 3. The quantitative estimate of drug-likeness (QED) is 0.860. The SMILES string of the molecule is CCOC(=O)c1c(-c2ccccc2C(F)(F)F)n[nH]c1C1CC1. The van der Waals surface area contributed by atoms with E-state index in [1.54, 1.807) is 6.92 Å². The highest BCUT2D eigenvalue weighted by atomic mass is 19.4. The lowest BCUT2D eigenvalue weighted by Gasteiger charge is -2.12. The van der Waals surface area contributed by atoms with E-state index in [1.807, 2.05) is 0 Å². The molecule has 0 saturated heterocycles. The second-order valence-electron chi connectivity index (χ2n) is 5.40. The van der Waals surface area contributed by atoms with Gasteiger partial charge in [0.25, 0.3) is 0 Å². The number of aromatic amines is 1. The second-order valence-corrected chi connectivity index (χ2v) is 5.40. The molecule has 1 aliphatic carbocycles. The lowest BCUT2D eigenvalue weighted by molar-refractivity contribution is -0.137. The number of esters is 1. The summed E-state index contributed by atoms with van der Waals surface area (Å²) in [6, 6.07) is 5.10. The van der Waals surface area contributed by atoms with E-state index in [-0.39, 0.29) is 29.3 Å². The van der Waals surface area contributed by atoms with Crippen molar-refractivity contribution in [3.63, 3.8) is 0 Å². The van der Waals surface area contributed by atoms with Crippen LogP contribution in [0.2, 0.25) is 0 Å². The fourth-order valence-corrected chi connectivity index (χ4v) is 2.56. The van der Waals surface area contributed by atoms with Gasteiger partial charge in [-0.05, 0) is 25.8 Å². The first-order chi connectivity index (χ1) is 10.9. The third kappa shape index (κ3) is 2.95. The van der Waals surface area contributed by atoms with E-state index in [0.717, 1.165) is 18.9 Å². The summed E-state index contributed by atoms with van der Waals surface area (Å²) in [5.74, 6) is -0.510. The smallest absolute Gasteiger partial charge is 0.417 e. The maximum Gasteiger partial charge on any atom is 0.417 e. The van der Waals surface area contributed by atoms with Crippen molar-refractivity contribution in [2.75, 3.05) is 6.61 Å². The largest absolute Gasteiger partial charge is 0.462 e. The first kappa shape index (κ1) is 15.6. The summed E-state index contributed by atoms with van der Waals surface area (Å²) in [5, 5.41) is 6.73. The van der Waals surface area contributed by atoms with Crippen molar-refractivity contribution in [1.29, 1.82) is 0 Å². The standard InChI is InChI=1S/C16H15F3N2O2/c1-2-23-15(22)12-13(9-7-8-9)20-21-14(12)10-5-3-4-6-11(10)16(17,18)19/h3-6,9H,2,7-8H2,1H3,(H,20,21). The molecule has 1 heterocycles. The van der Waals surface area contributed by atoms with Gasteiger partial charge in [0.1, 0.15) is 11.3 Å². The number of benzene rings is 1. The Hall–Kier alpha value is -2.31. The minimum atomic E-state index is -4.53. The zero-order chi connectivity index (χ0) is 16.6. The van der Waals surface area contributed by atoms with E-state index in [2.05, 4.69) is 10.2 Å². The molecule has 0 aliphatic heterocycles. The molecule has 0 atom stereocenters. The topological polar surface area (TPSA) is 55.0 Å².